The number of carbonyl (C=O) groups is 2. The monoisotopic (exact) mass is 346 g/mol. The molecule has 1 amide bonds. The molecular formula is C18H26N4O3. The predicted molar refractivity (Wildman–Crippen MR) is 92.8 cm³/mol. The number of rotatable bonds is 4. The molecule has 1 aromatic heterocycles. The lowest BCUT2D eigenvalue weighted by molar-refractivity contribution is -0.148. The number of piperazine rings is 1. The maximum absolute atomic E-state index is 12.9. The molecular weight excluding hydrogens is 320 g/mol. The molecule has 3 heterocycles. The molecule has 1 aromatic rings. The van der Waals surface area contributed by atoms with E-state index in [9.17, 15) is 14.7 Å². The summed E-state index contributed by atoms with van der Waals surface area (Å²) >= 11 is 0. The minimum atomic E-state index is -0.810. The number of likely N-dealkylation sites (N-methyl/N-ethyl adjacent to an activating group) is 1. The summed E-state index contributed by atoms with van der Waals surface area (Å²) in [6.07, 6.45) is 3.91. The van der Waals surface area contributed by atoms with Crippen molar-refractivity contribution >= 4 is 11.9 Å². The molecule has 2 saturated heterocycles. The largest absolute Gasteiger partial charge is 0.481 e. The van der Waals surface area contributed by atoms with Gasteiger partial charge in [-0.2, -0.15) is 0 Å². The van der Waals surface area contributed by atoms with Crippen LogP contribution in [0.15, 0.2) is 24.5 Å². The van der Waals surface area contributed by atoms with E-state index in [1.165, 1.54) is 0 Å². The third-order valence-electron chi connectivity index (χ3n) is 5.20. The fourth-order valence-corrected chi connectivity index (χ4v) is 3.71. The molecule has 0 radical (unpaired) electrons. The van der Waals surface area contributed by atoms with Crippen molar-refractivity contribution in [3.8, 4) is 0 Å². The summed E-state index contributed by atoms with van der Waals surface area (Å²) in [6.45, 7) is 4.98. The van der Waals surface area contributed by atoms with Crippen molar-refractivity contribution in [2.45, 2.75) is 13.0 Å². The van der Waals surface area contributed by atoms with Gasteiger partial charge in [-0.1, -0.05) is 0 Å². The van der Waals surface area contributed by atoms with Gasteiger partial charge in [0, 0.05) is 58.2 Å². The number of hydrogen-bond donors (Lipinski definition) is 1. The fourth-order valence-electron chi connectivity index (χ4n) is 3.71. The van der Waals surface area contributed by atoms with Gasteiger partial charge in [-0.05, 0) is 31.2 Å². The van der Waals surface area contributed by atoms with E-state index in [0.717, 1.165) is 31.7 Å². The van der Waals surface area contributed by atoms with Crippen LogP contribution in [0.3, 0.4) is 0 Å². The first-order valence-corrected chi connectivity index (χ1v) is 8.84. The molecule has 2 aliphatic heterocycles. The van der Waals surface area contributed by atoms with Gasteiger partial charge in [0.1, 0.15) is 0 Å². The molecule has 0 spiro atoms. The van der Waals surface area contributed by atoms with Gasteiger partial charge >= 0.3 is 5.97 Å². The number of amides is 1. The molecule has 0 aromatic carbocycles. The van der Waals surface area contributed by atoms with Crippen molar-refractivity contribution in [1.29, 1.82) is 0 Å². The van der Waals surface area contributed by atoms with Crippen molar-refractivity contribution < 1.29 is 14.7 Å². The Labute approximate surface area is 148 Å². The number of piperidine rings is 1. The number of carbonyl (C=O) groups excluding carboxylic acids is 1. The average Bonchev–Trinajstić information content (AvgIpc) is 2.62. The van der Waals surface area contributed by atoms with Crippen LogP contribution in [0, 0.1) is 11.8 Å². The Bertz CT molecular complexity index is 602. The second-order valence-corrected chi connectivity index (χ2v) is 7.15. The van der Waals surface area contributed by atoms with E-state index in [1.54, 1.807) is 12.4 Å². The molecule has 2 fully saturated rings. The molecule has 7 heteroatoms. The fraction of sp³-hybridized carbons (Fsp3) is 0.611. The highest BCUT2D eigenvalue weighted by Crippen LogP contribution is 2.25. The molecule has 136 valence electrons. The van der Waals surface area contributed by atoms with E-state index in [4.69, 9.17) is 0 Å². The van der Waals surface area contributed by atoms with Crippen LogP contribution in [-0.4, -0.2) is 83.0 Å². The molecule has 7 nitrogen and oxygen atoms in total. The van der Waals surface area contributed by atoms with Crippen molar-refractivity contribution in [3.05, 3.63) is 30.1 Å². The van der Waals surface area contributed by atoms with Crippen LogP contribution in [0.5, 0.6) is 0 Å². The van der Waals surface area contributed by atoms with E-state index in [2.05, 4.69) is 21.8 Å². The molecule has 0 aliphatic carbocycles. The van der Waals surface area contributed by atoms with Gasteiger partial charge in [-0.3, -0.25) is 19.5 Å². The smallest absolute Gasteiger partial charge is 0.307 e. The first-order valence-electron chi connectivity index (χ1n) is 8.84. The highest BCUT2D eigenvalue weighted by Gasteiger charge is 2.37. The van der Waals surface area contributed by atoms with E-state index < -0.39 is 11.9 Å². The van der Waals surface area contributed by atoms with Crippen LogP contribution in [0.1, 0.15) is 12.0 Å². The zero-order valence-electron chi connectivity index (χ0n) is 14.7. The van der Waals surface area contributed by atoms with Gasteiger partial charge in [-0.25, -0.2) is 0 Å². The quantitative estimate of drug-likeness (QED) is 0.849. The van der Waals surface area contributed by atoms with Gasteiger partial charge in [0.25, 0.3) is 0 Å². The molecule has 25 heavy (non-hydrogen) atoms. The highest BCUT2D eigenvalue weighted by atomic mass is 16.4. The van der Waals surface area contributed by atoms with Crippen molar-refractivity contribution in [2.75, 3.05) is 46.3 Å². The Morgan fingerprint density at radius 3 is 2.40 bits per heavy atom. The Kier molecular flexibility index (Phi) is 5.65. The van der Waals surface area contributed by atoms with E-state index in [0.29, 0.717) is 26.1 Å². The molecule has 2 aliphatic rings. The third-order valence-corrected chi connectivity index (χ3v) is 5.20. The van der Waals surface area contributed by atoms with Gasteiger partial charge in [0.2, 0.25) is 5.91 Å². The summed E-state index contributed by atoms with van der Waals surface area (Å²) in [5, 5.41) is 9.50. The van der Waals surface area contributed by atoms with Crippen LogP contribution in [0.2, 0.25) is 0 Å². The maximum Gasteiger partial charge on any atom is 0.307 e. The number of nitrogens with zero attached hydrogens (tertiary/aromatic N) is 4. The zero-order valence-corrected chi connectivity index (χ0v) is 14.7. The molecule has 2 atom stereocenters. The number of aromatic nitrogens is 1. The van der Waals surface area contributed by atoms with Crippen LogP contribution < -0.4 is 0 Å². The number of carboxylic acid groups (broad SMARTS) is 1. The summed E-state index contributed by atoms with van der Waals surface area (Å²) in [4.78, 5) is 34.7. The number of aliphatic carboxylic acids is 1. The summed E-state index contributed by atoms with van der Waals surface area (Å²) in [5.74, 6) is -1.42. The molecule has 0 bridgehead atoms. The Morgan fingerprint density at radius 1 is 1.12 bits per heavy atom. The summed E-state index contributed by atoms with van der Waals surface area (Å²) < 4.78 is 0. The lowest BCUT2D eigenvalue weighted by Crippen LogP contribution is -2.53. The Balaban J connectivity index is 1.67. The predicted octanol–water partition coefficient (Wildman–Crippen LogP) is 0.378. The third kappa shape index (κ3) is 4.55. The van der Waals surface area contributed by atoms with Crippen LogP contribution in [-0.2, 0) is 16.1 Å². The SMILES string of the molecule is CN1CCN(C(=O)[C@@H]2C[C@H](C(=O)O)CN(Cc3ccncc3)C2)CC1. The number of hydrogen-bond acceptors (Lipinski definition) is 5. The first-order chi connectivity index (χ1) is 12.0. The molecule has 1 N–H and O–H groups in total. The topological polar surface area (TPSA) is 77.0 Å². The van der Waals surface area contributed by atoms with E-state index >= 15 is 0 Å². The lowest BCUT2D eigenvalue weighted by atomic mass is 9.87. The Morgan fingerprint density at radius 2 is 1.76 bits per heavy atom. The van der Waals surface area contributed by atoms with E-state index in [1.807, 2.05) is 17.0 Å². The average molecular weight is 346 g/mol. The summed E-state index contributed by atoms with van der Waals surface area (Å²) in [7, 11) is 2.05. The van der Waals surface area contributed by atoms with E-state index in [-0.39, 0.29) is 11.8 Å². The van der Waals surface area contributed by atoms with Crippen molar-refractivity contribution in [3.63, 3.8) is 0 Å². The molecule has 0 saturated carbocycles. The second-order valence-electron chi connectivity index (χ2n) is 7.15. The molecule has 3 rings (SSSR count). The summed E-state index contributed by atoms with van der Waals surface area (Å²) in [6, 6.07) is 3.86. The van der Waals surface area contributed by atoms with Crippen molar-refractivity contribution in [1.82, 2.24) is 19.7 Å². The minimum absolute atomic E-state index is 0.110. The second kappa shape index (κ2) is 7.93. The first kappa shape index (κ1) is 17.8. The number of pyridine rings is 1. The zero-order chi connectivity index (χ0) is 17.8. The summed E-state index contributed by atoms with van der Waals surface area (Å²) in [5.41, 5.74) is 1.09. The minimum Gasteiger partial charge on any atom is -0.481 e. The standard InChI is InChI=1S/C18H26N4O3/c1-20-6-8-22(9-7-20)17(23)15-10-16(18(24)25)13-21(12-15)11-14-2-4-19-5-3-14/h2-5,15-16H,6-13H2,1H3,(H,24,25)/t15-,16+/m1/s1. The van der Waals surface area contributed by atoms with Gasteiger partial charge in [-0.15, -0.1) is 0 Å². The van der Waals surface area contributed by atoms with Gasteiger partial charge in [0.05, 0.1) is 11.8 Å². The lowest BCUT2D eigenvalue weighted by Gasteiger charge is -2.39. The van der Waals surface area contributed by atoms with Crippen molar-refractivity contribution in [2.24, 2.45) is 11.8 Å². The highest BCUT2D eigenvalue weighted by molar-refractivity contribution is 5.80. The Hall–Kier alpha value is -1.99. The van der Waals surface area contributed by atoms with Crippen LogP contribution in [0.4, 0.5) is 0 Å². The number of carboxylic acids is 1. The molecule has 0 unspecified atom stereocenters. The maximum atomic E-state index is 12.9. The van der Waals surface area contributed by atoms with Crippen LogP contribution in [0.25, 0.3) is 0 Å². The normalized spacial score (nSPS) is 25.7. The number of likely N-dealkylation sites (tertiary alicyclic amines) is 1. The van der Waals surface area contributed by atoms with Crippen LogP contribution >= 0.6 is 0 Å². The van der Waals surface area contributed by atoms with Gasteiger partial charge < -0.3 is 14.9 Å². The van der Waals surface area contributed by atoms with Gasteiger partial charge in [0.15, 0.2) is 0 Å².